The minimum atomic E-state index is 0.107. The van der Waals surface area contributed by atoms with Crippen molar-refractivity contribution in [3.05, 3.63) is 66.0 Å². The number of benzene rings is 1. The highest BCUT2D eigenvalue weighted by Crippen LogP contribution is 2.33. The highest BCUT2D eigenvalue weighted by Gasteiger charge is 2.28. The van der Waals surface area contributed by atoms with E-state index in [1.54, 1.807) is 12.4 Å². The highest BCUT2D eigenvalue weighted by molar-refractivity contribution is 5.94. The zero-order chi connectivity index (χ0) is 18.8. The molecule has 0 unspecified atom stereocenters. The predicted molar refractivity (Wildman–Crippen MR) is 103 cm³/mol. The molecule has 1 fully saturated rings. The third-order valence-corrected chi connectivity index (χ3v) is 5.38. The van der Waals surface area contributed by atoms with Crippen LogP contribution in [0, 0.1) is 6.92 Å². The Morgan fingerprint density at radius 2 is 1.74 bits per heavy atom. The molecule has 0 spiro atoms. The quantitative estimate of drug-likeness (QED) is 0.719. The summed E-state index contributed by atoms with van der Waals surface area (Å²) < 4.78 is 2.04. The highest BCUT2D eigenvalue weighted by atomic mass is 16.2. The summed E-state index contributed by atoms with van der Waals surface area (Å²) >= 11 is 0. The number of carbonyl (C=O) groups is 1. The van der Waals surface area contributed by atoms with E-state index >= 15 is 0 Å². The Morgan fingerprint density at radius 1 is 1.04 bits per heavy atom. The second-order valence-electron chi connectivity index (χ2n) is 6.97. The van der Waals surface area contributed by atoms with Gasteiger partial charge in [-0.25, -0.2) is 4.98 Å². The number of piperidine rings is 1. The molecule has 4 rings (SSSR count). The number of likely N-dealkylation sites (tertiary alicyclic amines) is 1. The van der Waals surface area contributed by atoms with Crippen LogP contribution in [0.25, 0.3) is 11.4 Å². The zero-order valence-corrected chi connectivity index (χ0v) is 15.7. The fourth-order valence-corrected chi connectivity index (χ4v) is 3.69. The van der Waals surface area contributed by atoms with Crippen LogP contribution < -0.4 is 0 Å². The number of amides is 1. The summed E-state index contributed by atoms with van der Waals surface area (Å²) in [5, 5.41) is 0. The van der Waals surface area contributed by atoms with Gasteiger partial charge >= 0.3 is 0 Å². The SMILES string of the molecule is Cc1ncc(-c2nccnc2C2CCN(C(=O)c3ccccc3)CC2)n1C. The summed E-state index contributed by atoms with van der Waals surface area (Å²) in [5.74, 6) is 1.35. The molecule has 1 aliphatic heterocycles. The minimum Gasteiger partial charge on any atom is -0.339 e. The molecule has 6 heteroatoms. The van der Waals surface area contributed by atoms with Crippen molar-refractivity contribution in [1.82, 2.24) is 24.4 Å². The van der Waals surface area contributed by atoms with E-state index in [0.29, 0.717) is 5.92 Å². The molecule has 1 aromatic carbocycles. The lowest BCUT2D eigenvalue weighted by Gasteiger charge is -2.32. The molecule has 0 saturated carbocycles. The monoisotopic (exact) mass is 361 g/mol. The summed E-state index contributed by atoms with van der Waals surface area (Å²) in [4.78, 5) is 28.2. The van der Waals surface area contributed by atoms with E-state index in [1.165, 1.54) is 0 Å². The second-order valence-corrected chi connectivity index (χ2v) is 6.97. The molecular weight excluding hydrogens is 338 g/mol. The third kappa shape index (κ3) is 3.35. The maximum atomic E-state index is 12.7. The van der Waals surface area contributed by atoms with Crippen molar-refractivity contribution in [1.29, 1.82) is 0 Å². The van der Waals surface area contributed by atoms with E-state index in [9.17, 15) is 4.79 Å². The van der Waals surface area contributed by atoms with Crippen molar-refractivity contribution < 1.29 is 4.79 Å². The van der Waals surface area contributed by atoms with E-state index in [0.717, 1.165) is 54.4 Å². The first-order valence-electron chi connectivity index (χ1n) is 9.29. The van der Waals surface area contributed by atoms with Gasteiger partial charge in [0.05, 0.1) is 17.6 Å². The van der Waals surface area contributed by atoms with E-state index in [4.69, 9.17) is 0 Å². The number of hydrogen-bond acceptors (Lipinski definition) is 4. The van der Waals surface area contributed by atoms with Crippen LogP contribution in [0.15, 0.2) is 48.9 Å². The molecule has 1 aliphatic rings. The van der Waals surface area contributed by atoms with Gasteiger partial charge in [-0.05, 0) is 31.9 Å². The maximum absolute atomic E-state index is 12.7. The van der Waals surface area contributed by atoms with Crippen LogP contribution in [0.4, 0.5) is 0 Å². The number of aryl methyl sites for hydroxylation is 1. The Hall–Kier alpha value is -3.02. The Morgan fingerprint density at radius 3 is 2.41 bits per heavy atom. The first kappa shape index (κ1) is 17.4. The van der Waals surface area contributed by atoms with E-state index < -0.39 is 0 Å². The Labute approximate surface area is 158 Å². The molecule has 0 radical (unpaired) electrons. The van der Waals surface area contributed by atoms with Crippen LogP contribution >= 0.6 is 0 Å². The largest absolute Gasteiger partial charge is 0.339 e. The van der Waals surface area contributed by atoms with Gasteiger partial charge < -0.3 is 9.47 Å². The number of nitrogens with zero attached hydrogens (tertiary/aromatic N) is 5. The van der Waals surface area contributed by atoms with Gasteiger partial charge in [0.25, 0.3) is 5.91 Å². The number of aromatic nitrogens is 4. The van der Waals surface area contributed by atoms with Crippen LogP contribution in [-0.4, -0.2) is 43.4 Å². The molecule has 1 saturated heterocycles. The predicted octanol–water partition coefficient (Wildman–Crippen LogP) is 3.21. The van der Waals surface area contributed by atoms with Gasteiger partial charge in [-0.1, -0.05) is 18.2 Å². The molecular formula is C21H23N5O. The summed E-state index contributed by atoms with van der Waals surface area (Å²) in [6, 6.07) is 9.49. The van der Waals surface area contributed by atoms with Crippen LogP contribution in [-0.2, 0) is 7.05 Å². The van der Waals surface area contributed by atoms with E-state index in [-0.39, 0.29) is 5.91 Å². The average molecular weight is 361 g/mol. The summed E-state index contributed by atoms with van der Waals surface area (Å²) in [6.45, 7) is 3.45. The first-order valence-corrected chi connectivity index (χ1v) is 9.29. The number of imidazole rings is 1. The normalized spacial score (nSPS) is 15.1. The summed E-state index contributed by atoms with van der Waals surface area (Å²) in [6.07, 6.45) is 7.12. The lowest BCUT2D eigenvalue weighted by Crippen LogP contribution is -2.38. The molecule has 0 N–H and O–H groups in total. The Kier molecular flexibility index (Phi) is 4.71. The van der Waals surface area contributed by atoms with Gasteiger partial charge in [0.2, 0.25) is 0 Å². The topological polar surface area (TPSA) is 63.9 Å². The van der Waals surface area contributed by atoms with E-state index in [2.05, 4.69) is 15.0 Å². The summed E-state index contributed by atoms with van der Waals surface area (Å²) in [7, 11) is 2.00. The smallest absolute Gasteiger partial charge is 0.253 e. The fourth-order valence-electron chi connectivity index (χ4n) is 3.69. The van der Waals surface area contributed by atoms with Gasteiger partial charge in [0.15, 0.2) is 0 Å². The lowest BCUT2D eigenvalue weighted by molar-refractivity contribution is 0.0712. The lowest BCUT2D eigenvalue weighted by atomic mass is 9.91. The number of rotatable bonds is 3. The van der Waals surface area contributed by atoms with Crippen molar-refractivity contribution in [3.63, 3.8) is 0 Å². The standard InChI is InChI=1S/C21H23N5O/c1-15-24-14-18(25(15)2)20-19(22-10-11-23-20)16-8-12-26(13-9-16)21(27)17-6-4-3-5-7-17/h3-7,10-11,14,16H,8-9,12-13H2,1-2H3. The summed E-state index contributed by atoms with van der Waals surface area (Å²) in [5.41, 5.74) is 3.64. The van der Waals surface area contributed by atoms with E-state index in [1.807, 2.05) is 60.0 Å². The molecule has 1 amide bonds. The average Bonchev–Trinajstić information content (AvgIpc) is 3.07. The molecule has 3 aromatic rings. The number of carbonyl (C=O) groups excluding carboxylic acids is 1. The van der Waals surface area contributed by atoms with Crippen molar-refractivity contribution >= 4 is 5.91 Å². The molecule has 0 atom stereocenters. The van der Waals surface area contributed by atoms with Crippen LogP contribution in [0.2, 0.25) is 0 Å². The van der Waals surface area contributed by atoms with Gasteiger partial charge in [-0.15, -0.1) is 0 Å². The van der Waals surface area contributed by atoms with Crippen molar-refractivity contribution in [3.8, 4) is 11.4 Å². The molecule has 0 aliphatic carbocycles. The van der Waals surface area contributed by atoms with Gasteiger partial charge in [0.1, 0.15) is 11.5 Å². The van der Waals surface area contributed by atoms with Crippen molar-refractivity contribution in [2.45, 2.75) is 25.7 Å². The molecule has 27 heavy (non-hydrogen) atoms. The number of hydrogen-bond donors (Lipinski definition) is 0. The van der Waals surface area contributed by atoms with Crippen LogP contribution in [0.5, 0.6) is 0 Å². The Bertz CT molecular complexity index is 942. The molecule has 6 nitrogen and oxygen atoms in total. The third-order valence-electron chi connectivity index (χ3n) is 5.38. The second kappa shape index (κ2) is 7.31. The van der Waals surface area contributed by atoms with Gasteiger partial charge in [0, 0.05) is 44.0 Å². The van der Waals surface area contributed by atoms with Crippen LogP contribution in [0.3, 0.4) is 0 Å². The maximum Gasteiger partial charge on any atom is 0.253 e. The molecule has 2 aromatic heterocycles. The zero-order valence-electron chi connectivity index (χ0n) is 15.7. The van der Waals surface area contributed by atoms with Crippen LogP contribution in [0.1, 0.15) is 40.6 Å². The first-order chi connectivity index (χ1) is 13.1. The van der Waals surface area contributed by atoms with Gasteiger partial charge in [-0.3, -0.25) is 14.8 Å². The molecule has 138 valence electrons. The van der Waals surface area contributed by atoms with Crippen molar-refractivity contribution in [2.75, 3.05) is 13.1 Å². The van der Waals surface area contributed by atoms with Crippen molar-refractivity contribution in [2.24, 2.45) is 7.05 Å². The molecule has 0 bridgehead atoms. The fraction of sp³-hybridized carbons (Fsp3) is 0.333. The Balaban J connectivity index is 1.52. The molecule has 3 heterocycles. The minimum absolute atomic E-state index is 0.107. The van der Waals surface area contributed by atoms with Gasteiger partial charge in [-0.2, -0.15) is 0 Å².